The molecule has 2 N–H and O–H groups in total. The highest BCUT2D eigenvalue weighted by Gasteiger charge is 2.22. The first-order valence-electron chi connectivity index (χ1n) is 6.00. The van der Waals surface area contributed by atoms with Gasteiger partial charge in [-0.25, -0.2) is 13.6 Å². The number of hydrogen-bond donors (Lipinski definition) is 1. The highest BCUT2D eigenvalue weighted by atomic mass is 35.5. The van der Waals surface area contributed by atoms with E-state index in [0.29, 0.717) is 17.3 Å². The van der Waals surface area contributed by atoms with Gasteiger partial charge in [0.1, 0.15) is 5.82 Å². The Morgan fingerprint density at radius 3 is 2.35 bits per heavy atom. The van der Waals surface area contributed by atoms with Gasteiger partial charge in [0.15, 0.2) is 0 Å². The quantitative estimate of drug-likeness (QED) is 0.930. The van der Waals surface area contributed by atoms with Crippen molar-refractivity contribution in [3.63, 3.8) is 0 Å². The lowest BCUT2D eigenvalue weighted by molar-refractivity contribution is 0.507. The first-order valence-corrected chi connectivity index (χ1v) is 7.92. The molecule has 2 rings (SSSR count). The van der Waals surface area contributed by atoms with Crippen LogP contribution in [0.3, 0.4) is 0 Å². The number of sulfonamides is 1. The molecule has 0 unspecified atom stereocenters. The summed E-state index contributed by atoms with van der Waals surface area (Å²) in [6, 6.07) is 7.15. The molecule has 8 heteroatoms. The Labute approximate surface area is 122 Å². The van der Waals surface area contributed by atoms with E-state index < -0.39 is 10.0 Å². The molecular weight excluding hydrogens is 300 g/mol. The highest BCUT2D eigenvalue weighted by Crippen LogP contribution is 2.18. The van der Waals surface area contributed by atoms with Crippen LogP contribution in [0.4, 0.5) is 0 Å². The molecule has 0 bridgehead atoms. The van der Waals surface area contributed by atoms with Crippen LogP contribution >= 0.6 is 11.6 Å². The van der Waals surface area contributed by atoms with Crippen LogP contribution in [-0.4, -0.2) is 23.2 Å². The van der Waals surface area contributed by atoms with Gasteiger partial charge in [0.2, 0.25) is 0 Å². The second-order valence-electron chi connectivity index (χ2n) is 4.71. The van der Waals surface area contributed by atoms with Gasteiger partial charge >= 0.3 is 0 Å². The van der Waals surface area contributed by atoms with E-state index in [1.54, 1.807) is 12.1 Å². The second-order valence-corrected chi connectivity index (χ2v) is 6.60. The Morgan fingerprint density at radius 1 is 1.25 bits per heavy atom. The summed E-state index contributed by atoms with van der Waals surface area (Å²) in [5.74, 6) is 0.548. The number of nitrogens with zero attached hydrogens (tertiary/aromatic N) is 3. The molecule has 20 heavy (non-hydrogen) atoms. The average molecular weight is 315 g/mol. The van der Waals surface area contributed by atoms with Crippen molar-refractivity contribution in [1.29, 1.82) is 0 Å². The van der Waals surface area contributed by atoms with Crippen molar-refractivity contribution >= 4 is 21.6 Å². The van der Waals surface area contributed by atoms with Crippen molar-refractivity contribution in [2.45, 2.75) is 31.5 Å². The maximum atomic E-state index is 11.5. The summed E-state index contributed by atoms with van der Waals surface area (Å²) in [4.78, 5) is 0. The molecule has 0 aliphatic rings. The summed E-state index contributed by atoms with van der Waals surface area (Å²) in [7, 11) is -3.89. The normalized spacial score (nSPS) is 12.1. The number of benzene rings is 1. The van der Waals surface area contributed by atoms with Crippen molar-refractivity contribution in [2.24, 2.45) is 5.14 Å². The minimum Gasteiger partial charge on any atom is -0.298 e. The number of primary sulfonamides is 1. The van der Waals surface area contributed by atoms with E-state index in [4.69, 9.17) is 16.7 Å². The predicted molar refractivity (Wildman–Crippen MR) is 76.0 cm³/mol. The summed E-state index contributed by atoms with van der Waals surface area (Å²) in [5, 5.41) is 13.2. The summed E-state index contributed by atoms with van der Waals surface area (Å²) in [5.41, 5.74) is 0.963. The third-order valence-electron chi connectivity index (χ3n) is 2.78. The van der Waals surface area contributed by atoms with Crippen molar-refractivity contribution in [1.82, 2.24) is 14.8 Å². The largest absolute Gasteiger partial charge is 0.298 e. The van der Waals surface area contributed by atoms with Gasteiger partial charge in [-0.15, -0.1) is 10.2 Å². The zero-order valence-electron chi connectivity index (χ0n) is 11.1. The maximum absolute atomic E-state index is 11.5. The minimum atomic E-state index is -3.89. The topological polar surface area (TPSA) is 90.9 Å². The van der Waals surface area contributed by atoms with Gasteiger partial charge in [-0.1, -0.05) is 23.7 Å². The number of rotatable bonds is 4. The minimum absolute atomic E-state index is 0.111. The Bertz CT molecular complexity index is 708. The molecule has 2 aromatic rings. The van der Waals surface area contributed by atoms with Crippen LogP contribution in [0, 0.1) is 0 Å². The van der Waals surface area contributed by atoms with Gasteiger partial charge in [-0.3, -0.25) is 4.57 Å². The van der Waals surface area contributed by atoms with E-state index >= 15 is 0 Å². The van der Waals surface area contributed by atoms with Crippen LogP contribution in [0.2, 0.25) is 5.02 Å². The maximum Gasteiger partial charge on any atom is 0.273 e. The van der Waals surface area contributed by atoms with Gasteiger partial charge in [-0.05, 0) is 31.5 Å². The molecule has 1 heterocycles. The third kappa shape index (κ3) is 3.17. The Kier molecular flexibility index (Phi) is 4.12. The molecular formula is C12H15ClN4O2S. The lowest BCUT2D eigenvalue weighted by atomic mass is 10.1. The predicted octanol–water partition coefficient (Wildman–Crippen LogP) is 1.75. The lowest BCUT2D eigenvalue weighted by Gasteiger charge is -2.12. The van der Waals surface area contributed by atoms with E-state index in [2.05, 4.69) is 10.2 Å². The van der Waals surface area contributed by atoms with Gasteiger partial charge in [0.25, 0.3) is 15.2 Å². The Morgan fingerprint density at radius 2 is 1.85 bits per heavy atom. The fourth-order valence-corrected chi connectivity index (χ4v) is 2.80. The Balaban J connectivity index is 2.42. The van der Waals surface area contributed by atoms with E-state index in [0.717, 1.165) is 5.56 Å². The smallest absolute Gasteiger partial charge is 0.273 e. The first-order chi connectivity index (χ1) is 9.29. The highest BCUT2D eigenvalue weighted by molar-refractivity contribution is 7.89. The molecule has 0 radical (unpaired) electrons. The van der Waals surface area contributed by atoms with Crippen LogP contribution < -0.4 is 5.14 Å². The molecule has 0 aliphatic heterocycles. The summed E-state index contributed by atoms with van der Waals surface area (Å²) in [6.07, 6.45) is 0.456. The van der Waals surface area contributed by atoms with Crippen LogP contribution in [0.15, 0.2) is 29.4 Å². The molecule has 1 aromatic carbocycles. The van der Waals surface area contributed by atoms with Crippen LogP contribution in [0.25, 0.3) is 0 Å². The van der Waals surface area contributed by atoms with Gasteiger partial charge in [-0.2, -0.15) is 0 Å². The van der Waals surface area contributed by atoms with Crippen LogP contribution in [0.1, 0.15) is 31.3 Å². The van der Waals surface area contributed by atoms with Crippen molar-refractivity contribution in [3.8, 4) is 0 Å². The molecule has 0 saturated heterocycles. The van der Waals surface area contributed by atoms with Crippen molar-refractivity contribution in [2.75, 3.05) is 0 Å². The monoisotopic (exact) mass is 314 g/mol. The SMILES string of the molecule is CC(C)n1c(Cc2ccc(Cl)cc2)nnc1S(N)(=O)=O. The zero-order chi connectivity index (χ0) is 14.9. The van der Waals surface area contributed by atoms with Crippen molar-refractivity contribution < 1.29 is 8.42 Å². The van der Waals surface area contributed by atoms with Gasteiger partial charge in [0, 0.05) is 17.5 Å². The number of aromatic nitrogens is 3. The molecule has 0 fully saturated rings. The van der Waals surface area contributed by atoms with E-state index in [1.165, 1.54) is 4.57 Å². The molecule has 0 aliphatic carbocycles. The van der Waals surface area contributed by atoms with Crippen molar-refractivity contribution in [3.05, 3.63) is 40.7 Å². The first kappa shape index (κ1) is 15.0. The lowest BCUT2D eigenvalue weighted by Crippen LogP contribution is -2.20. The summed E-state index contributed by atoms with van der Waals surface area (Å²) in [6.45, 7) is 3.70. The van der Waals surface area contributed by atoms with E-state index in [9.17, 15) is 8.42 Å². The standard InChI is InChI=1S/C12H15ClN4O2S/c1-8(2)17-11(15-16-12(17)20(14,18)19)7-9-3-5-10(13)6-4-9/h3-6,8H,7H2,1-2H3,(H2,14,18,19). The fourth-order valence-electron chi connectivity index (χ4n) is 1.93. The van der Waals surface area contributed by atoms with E-state index in [-0.39, 0.29) is 11.2 Å². The fraction of sp³-hybridized carbons (Fsp3) is 0.333. The van der Waals surface area contributed by atoms with Gasteiger partial charge in [0.05, 0.1) is 0 Å². The molecule has 1 aromatic heterocycles. The summed E-state index contributed by atoms with van der Waals surface area (Å²) < 4.78 is 24.5. The molecule has 0 spiro atoms. The number of halogens is 1. The second kappa shape index (κ2) is 5.51. The number of hydrogen-bond acceptors (Lipinski definition) is 4. The number of nitrogens with two attached hydrogens (primary N) is 1. The third-order valence-corrected chi connectivity index (χ3v) is 3.82. The van der Waals surface area contributed by atoms with Crippen LogP contribution in [0.5, 0.6) is 0 Å². The molecule has 0 amide bonds. The molecule has 0 saturated carbocycles. The van der Waals surface area contributed by atoms with Crippen LogP contribution in [-0.2, 0) is 16.4 Å². The zero-order valence-corrected chi connectivity index (χ0v) is 12.7. The Hall–Kier alpha value is -1.44. The van der Waals surface area contributed by atoms with Gasteiger partial charge < -0.3 is 0 Å². The molecule has 108 valence electrons. The summed E-state index contributed by atoms with van der Waals surface area (Å²) >= 11 is 5.83. The van der Waals surface area contributed by atoms with E-state index in [1.807, 2.05) is 26.0 Å². The molecule has 6 nitrogen and oxygen atoms in total. The average Bonchev–Trinajstić information content (AvgIpc) is 2.75. The molecule has 0 atom stereocenters.